The molecule has 2 aliphatic rings. The standard InChI is InChI=1S/C18H22F2N4O3/c19-18(20,10-21)5-6-22-8-11-1-2-13-12(7-11)9-24(17(13)27)14-3-4-15(25)23-16(14)26/h1-2,7,14,22H,3-6,8-10,21H2,(H,23,25,26). The molecular weight excluding hydrogens is 358 g/mol. The predicted molar refractivity (Wildman–Crippen MR) is 92.8 cm³/mol. The number of carbonyl (C=O) groups excluding carboxylic acids is 3. The fourth-order valence-corrected chi connectivity index (χ4v) is 3.34. The molecule has 1 fully saturated rings. The SMILES string of the molecule is NCC(F)(F)CCNCc1ccc2c(c1)CN(C1CCC(=O)NC1=O)C2=O. The van der Waals surface area contributed by atoms with Crippen molar-refractivity contribution in [3.05, 3.63) is 34.9 Å². The molecule has 3 rings (SSSR count). The lowest BCUT2D eigenvalue weighted by atomic mass is 10.0. The summed E-state index contributed by atoms with van der Waals surface area (Å²) >= 11 is 0. The number of carbonyl (C=O) groups is 3. The number of hydrogen-bond donors (Lipinski definition) is 3. The van der Waals surface area contributed by atoms with Gasteiger partial charge in [-0.1, -0.05) is 12.1 Å². The second kappa shape index (κ2) is 7.69. The van der Waals surface area contributed by atoms with Crippen LogP contribution >= 0.6 is 0 Å². The first-order chi connectivity index (χ1) is 12.8. The average molecular weight is 380 g/mol. The van der Waals surface area contributed by atoms with Crippen LogP contribution in [0.4, 0.5) is 8.78 Å². The Hall–Kier alpha value is -2.39. The summed E-state index contributed by atoms with van der Waals surface area (Å²) in [6, 6.07) is 4.64. The van der Waals surface area contributed by atoms with E-state index in [-0.39, 0.29) is 31.2 Å². The lowest BCUT2D eigenvalue weighted by Crippen LogP contribution is -2.52. The van der Waals surface area contributed by atoms with Crippen LogP contribution in [0.3, 0.4) is 0 Å². The minimum absolute atomic E-state index is 0.128. The topological polar surface area (TPSA) is 105 Å². The normalized spacial score (nSPS) is 20.0. The van der Waals surface area contributed by atoms with Crippen molar-refractivity contribution in [1.82, 2.24) is 15.5 Å². The fraction of sp³-hybridized carbons (Fsp3) is 0.500. The Balaban J connectivity index is 1.60. The van der Waals surface area contributed by atoms with Gasteiger partial charge in [-0.15, -0.1) is 0 Å². The van der Waals surface area contributed by atoms with Crippen LogP contribution in [-0.4, -0.2) is 47.7 Å². The van der Waals surface area contributed by atoms with E-state index in [0.29, 0.717) is 25.1 Å². The quantitative estimate of drug-likeness (QED) is 0.473. The average Bonchev–Trinajstić information content (AvgIpc) is 2.95. The van der Waals surface area contributed by atoms with E-state index in [1.54, 1.807) is 12.1 Å². The highest BCUT2D eigenvalue weighted by Gasteiger charge is 2.39. The van der Waals surface area contributed by atoms with E-state index >= 15 is 0 Å². The van der Waals surface area contributed by atoms with E-state index in [4.69, 9.17) is 5.73 Å². The molecule has 9 heteroatoms. The molecule has 1 aromatic carbocycles. The van der Waals surface area contributed by atoms with Crippen molar-refractivity contribution < 1.29 is 23.2 Å². The van der Waals surface area contributed by atoms with Crippen LogP contribution in [0, 0.1) is 0 Å². The van der Waals surface area contributed by atoms with E-state index in [1.165, 1.54) is 4.90 Å². The van der Waals surface area contributed by atoms with Crippen molar-refractivity contribution in [2.75, 3.05) is 13.1 Å². The van der Waals surface area contributed by atoms with Crippen molar-refractivity contribution in [2.24, 2.45) is 5.73 Å². The molecule has 0 bridgehead atoms. The number of piperidine rings is 1. The minimum atomic E-state index is -2.88. The van der Waals surface area contributed by atoms with Gasteiger partial charge in [0.1, 0.15) is 6.04 Å². The first-order valence-electron chi connectivity index (χ1n) is 8.86. The molecule has 0 radical (unpaired) electrons. The van der Waals surface area contributed by atoms with E-state index in [1.807, 2.05) is 6.07 Å². The van der Waals surface area contributed by atoms with Crippen LogP contribution in [0.2, 0.25) is 0 Å². The Labute approximate surface area is 155 Å². The van der Waals surface area contributed by atoms with Gasteiger partial charge in [0.05, 0.1) is 6.54 Å². The Morgan fingerprint density at radius 1 is 1.30 bits per heavy atom. The van der Waals surface area contributed by atoms with E-state index in [2.05, 4.69) is 10.6 Å². The number of halogens is 2. The molecular formula is C18H22F2N4O3. The molecule has 3 amide bonds. The van der Waals surface area contributed by atoms with Gasteiger partial charge in [-0.05, 0) is 23.6 Å². The number of fused-ring (bicyclic) bond motifs is 1. The number of benzene rings is 1. The molecule has 0 aliphatic carbocycles. The molecule has 2 aliphatic heterocycles. The fourth-order valence-electron chi connectivity index (χ4n) is 3.34. The Morgan fingerprint density at radius 2 is 2.07 bits per heavy atom. The van der Waals surface area contributed by atoms with Crippen molar-refractivity contribution in [2.45, 2.75) is 44.3 Å². The van der Waals surface area contributed by atoms with Gasteiger partial charge < -0.3 is 16.0 Å². The van der Waals surface area contributed by atoms with Gasteiger partial charge in [-0.3, -0.25) is 19.7 Å². The van der Waals surface area contributed by atoms with E-state index in [0.717, 1.165) is 11.1 Å². The molecule has 0 aromatic heterocycles. The molecule has 1 unspecified atom stereocenters. The van der Waals surface area contributed by atoms with Crippen LogP contribution < -0.4 is 16.4 Å². The molecule has 0 saturated carbocycles. The van der Waals surface area contributed by atoms with Gasteiger partial charge in [0.2, 0.25) is 11.8 Å². The Kier molecular flexibility index (Phi) is 5.52. The van der Waals surface area contributed by atoms with Crippen molar-refractivity contribution in [3.8, 4) is 0 Å². The monoisotopic (exact) mass is 380 g/mol. The largest absolute Gasteiger partial charge is 0.325 e. The summed E-state index contributed by atoms with van der Waals surface area (Å²) in [5.41, 5.74) is 7.18. The lowest BCUT2D eigenvalue weighted by molar-refractivity contribution is -0.136. The Bertz CT molecular complexity index is 769. The minimum Gasteiger partial charge on any atom is -0.325 e. The maximum atomic E-state index is 13.1. The number of nitrogens with zero attached hydrogens (tertiary/aromatic N) is 1. The summed E-state index contributed by atoms with van der Waals surface area (Å²) in [7, 11) is 0. The molecule has 1 aromatic rings. The predicted octanol–water partition coefficient (Wildman–Crippen LogP) is 0.521. The van der Waals surface area contributed by atoms with Crippen LogP contribution in [0.1, 0.15) is 40.7 Å². The zero-order valence-electron chi connectivity index (χ0n) is 14.8. The first-order valence-corrected chi connectivity index (χ1v) is 8.86. The van der Waals surface area contributed by atoms with Gasteiger partial charge in [0, 0.05) is 38.0 Å². The summed E-state index contributed by atoms with van der Waals surface area (Å²) in [5, 5.41) is 5.21. The highest BCUT2D eigenvalue weighted by molar-refractivity contribution is 6.05. The molecule has 4 N–H and O–H groups in total. The van der Waals surface area contributed by atoms with Crippen LogP contribution in [0.15, 0.2) is 18.2 Å². The highest BCUT2D eigenvalue weighted by Crippen LogP contribution is 2.28. The van der Waals surface area contributed by atoms with Gasteiger partial charge in [0.15, 0.2) is 0 Å². The molecule has 1 atom stereocenters. The van der Waals surface area contributed by atoms with E-state index < -0.39 is 24.4 Å². The molecule has 146 valence electrons. The summed E-state index contributed by atoms with van der Waals surface area (Å²) in [5.74, 6) is -3.88. The number of nitrogens with two attached hydrogens (primary N) is 1. The van der Waals surface area contributed by atoms with Gasteiger partial charge >= 0.3 is 0 Å². The van der Waals surface area contributed by atoms with Gasteiger partial charge in [-0.2, -0.15) is 0 Å². The van der Waals surface area contributed by atoms with Crippen LogP contribution in [-0.2, 0) is 22.7 Å². The zero-order chi connectivity index (χ0) is 19.6. The molecule has 2 heterocycles. The molecule has 7 nitrogen and oxygen atoms in total. The maximum Gasteiger partial charge on any atom is 0.261 e. The second-order valence-corrected chi connectivity index (χ2v) is 6.88. The smallest absolute Gasteiger partial charge is 0.261 e. The third-order valence-corrected chi connectivity index (χ3v) is 4.88. The third-order valence-electron chi connectivity index (χ3n) is 4.88. The Morgan fingerprint density at radius 3 is 2.78 bits per heavy atom. The number of imide groups is 1. The number of amides is 3. The van der Waals surface area contributed by atoms with Crippen molar-refractivity contribution >= 4 is 17.7 Å². The number of nitrogens with one attached hydrogen (secondary N) is 2. The van der Waals surface area contributed by atoms with Crippen molar-refractivity contribution in [1.29, 1.82) is 0 Å². The van der Waals surface area contributed by atoms with E-state index in [9.17, 15) is 23.2 Å². The van der Waals surface area contributed by atoms with Crippen LogP contribution in [0.5, 0.6) is 0 Å². The van der Waals surface area contributed by atoms with Gasteiger partial charge in [-0.25, -0.2) is 8.78 Å². The number of rotatable bonds is 7. The summed E-state index contributed by atoms with van der Waals surface area (Å²) in [4.78, 5) is 37.4. The number of hydrogen-bond acceptors (Lipinski definition) is 5. The number of alkyl halides is 2. The molecule has 1 saturated heterocycles. The summed E-state index contributed by atoms with van der Waals surface area (Å²) < 4.78 is 26.2. The molecule has 27 heavy (non-hydrogen) atoms. The molecule has 0 spiro atoms. The summed E-state index contributed by atoms with van der Waals surface area (Å²) in [6.45, 7) is 0.133. The summed E-state index contributed by atoms with van der Waals surface area (Å²) in [6.07, 6.45) is 0.184. The maximum absolute atomic E-state index is 13.1. The highest BCUT2D eigenvalue weighted by atomic mass is 19.3. The van der Waals surface area contributed by atoms with Crippen molar-refractivity contribution in [3.63, 3.8) is 0 Å². The zero-order valence-corrected chi connectivity index (χ0v) is 14.8. The third kappa shape index (κ3) is 4.30. The first kappa shape index (κ1) is 19.4. The second-order valence-electron chi connectivity index (χ2n) is 6.88. The van der Waals surface area contributed by atoms with Gasteiger partial charge in [0.25, 0.3) is 11.8 Å². The lowest BCUT2D eigenvalue weighted by Gasteiger charge is -2.29. The van der Waals surface area contributed by atoms with Crippen LogP contribution in [0.25, 0.3) is 0 Å².